The number of carbonyl (C=O) groups excluding carboxylic acids is 5. The molecule has 4 amide bonds. The summed E-state index contributed by atoms with van der Waals surface area (Å²) in [4.78, 5) is 65.0. The van der Waals surface area contributed by atoms with E-state index < -0.39 is 41.6 Å². The summed E-state index contributed by atoms with van der Waals surface area (Å²) in [7, 11) is 0. The van der Waals surface area contributed by atoms with Crippen LogP contribution in [0.1, 0.15) is 65.8 Å². The van der Waals surface area contributed by atoms with Crippen LogP contribution in [0.25, 0.3) is 0 Å². The minimum absolute atomic E-state index is 0.0322. The number of nitrogens with zero attached hydrogens (tertiary/aromatic N) is 1. The summed E-state index contributed by atoms with van der Waals surface area (Å²) in [6.45, 7) is 3.45. The number of carbonyl (C=O) groups is 5. The average Bonchev–Trinajstić information content (AvgIpc) is 3.81. The first-order valence-electron chi connectivity index (χ1n) is 14.5. The van der Waals surface area contributed by atoms with Gasteiger partial charge in [0, 0.05) is 42.0 Å². The van der Waals surface area contributed by atoms with E-state index in [1.54, 1.807) is 13.8 Å². The van der Waals surface area contributed by atoms with Gasteiger partial charge in [-0.3, -0.25) is 19.7 Å². The van der Waals surface area contributed by atoms with Gasteiger partial charge in [0.25, 0.3) is 23.3 Å². The van der Waals surface area contributed by atoms with Gasteiger partial charge in [-0.1, -0.05) is 5.92 Å². The number of hydrogen-bond acceptors (Lipinski definition) is 8. The first kappa shape index (κ1) is 32.8. The van der Waals surface area contributed by atoms with Crippen molar-refractivity contribution in [2.75, 3.05) is 18.5 Å². The van der Waals surface area contributed by atoms with Crippen molar-refractivity contribution in [2.45, 2.75) is 51.3 Å². The molecule has 2 aromatic carbocycles. The molecular formula is C33H28F3N3O8. The molecule has 0 radical (unpaired) electrons. The third-order valence-corrected chi connectivity index (χ3v) is 7.24. The maximum atomic E-state index is 14.4. The zero-order valence-electron chi connectivity index (χ0n) is 25.2. The summed E-state index contributed by atoms with van der Waals surface area (Å²) < 4.78 is 53.6. The Hall–Kier alpha value is -5.54. The second-order valence-corrected chi connectivity index (χ2v) is 11.1. The molecule has 2 fully saturated rings. The van der Waals surface area contributed by atoms with Crippen LogP contribution in [0.2, 0.25) is 0 Å². The molecule has 2 aliphatic heterocycles. The molecule has 1 unspecified atom stereocenters. The van der Waals surface area contributed by atoms with Crippen LogP contribution in [-0.4, -0.2) is 54.2 Å². The van der Waals surface area contributed by atoms with E-state index in [1.165, 1.54) is 36.4 Å². The Morgan fingerprint density at radius 3 is 2.32 bits per heavy atom. The minimum atomic E-state index is -5.01. The van der Waals surface area contributed by atoms with Crippen LogP contribution in [0.5, 0.6) is 5.75 Å². The predicted molar refractivity (Wildman–Crippen MR) is 157 cm³/mol. The quantitative estimate of drug-likeness (QED) is 0.233. The molecule has 47 heavy (non-hydrogen) atoms. The van der Waals surface area contributed by atoms with Crippen molar-refractivity contribution >= 4 is 35.5 Å². The van der Waals surface area contributed by atoms with Crippen LogP contribution in [0.15, 0.2) is 59.3 Å². The maximum absolute atomic E-state index is 14.4. The molecule has 14 heteroatoms. The predicted octanol–water partition coefficient (Wildman–Crippen LogP) is 4.94. The molecule has 0 bridgehead atoms. The fourth-order valence-electron chi connectivity index (χ4n) is 4.65. The highest BCUT2D eigenvalue weighted by Gasteiger charge is 2.62. The number of anilines is 1. The number of imide groups is 1. The van der Waals surface area contributed by atoms with Crippen LogP contribution in [-0.2, 0) is 24.8 Å². The van der Waals surface area contributed by atoms with Crippen molar-refractivity contribution in [3.63, 3.8) is 0 Å². The second-order valence-electron chi connectivity index (χ2n) is 11.1. The van der Waals surface area contributed by atoms with Gasteiger partial charge in [-0.05, 0) is 80.6 Å². The van der Waals surface area contributed by atoms with Gasteiger partial charge in [0.05, 0.1) is 11.3 Å². The maximum Gasteiger partial charge on any atom is 0.445 e. The number of hydroxylamine groups is 2. The number of cyclic esters (lactones) is 1. The fraction of sp³-hybridized carbons (Fsp3) is 0.333. The van der Waals surface area contributed by atoms with Crippen LogP contribution >= 0.6 is 0 Å². The van der Waals surface area contributed by atoms with Crippen LogP contribution < -0.4 is 15.4 Å². The van der Waals surface area contributed by atoms with Crippen molar-refractivity contribution in [1.82, 2.24) is 10.4 Å². The highest BCUT2D eigenvalue weighted by molar-refractivity contribution is 6.03. The second kappa shape index (κ2) is 13.1. The lowest BCUT2D eigenvalue weighted by Crippen LogP contribution is -2.49. The van der Waals surface area contributed by atoms with Crippen LogP contribution in [0.3, 0.4) is 0 Å². The Morgan fingerprint density at radius 1 is 1.02 bits per heavy atom. The summed E-state index contributed by atoms with van der Waals surface area (Å²) in [5, 5.41) is 5.43. The number of hydrogen-bond donors (Lipinski definition) is 2. The molecule has 244 valence electrons. The van der Waals surface area contributed by atoms with E-state index >= 15 is 0 Å². The van der Waals surface area contributed by atoms with E-state index in [9.17, 15) is 37.1 Å². The van der Waals surface area contributed by atoms with E-state index in [-0.39, 0.29) is 60.0 Å². The monoisotopic (exact) mass is 651 g/mol. The zero-order chi connectivity index (χ0) is 33.9. The van der Waals surface area contributed by atoms with Gasteiger partial charge >= 0.3 is 18.2 Å². The molecule has 2 N–H and O–H groups in total. The molecule has 3 aliphatic rings. The van der Waals surface area contributed by atoms with Crippen LogP contribution in [0, 0.1) is 17.8 Å². The molecule has 2 aromatic rings. The summed E-state index contributed by atoms with van der Waals surface area (Å²) in [6, 6.07) is 9.27. The van der Waals surface area contributed by atoms with Gasteiger partial charge in [-0.2, -0.15) is 13.2 Å². The molecule has 5 rings (SSSR count). The van der Waals surface area contributed by atoms with Crippen molar-refractivity contribution in [2.24, 2.45) is 5.92 Å². The Labute approximate surface area is 266 Å². The molecule has 1 aliphatic carbocycles. The summed E-state index contributed by atoms with van der Waals surface area (Å²) in [5.41, 5.74) is 0.924. The molecule has 1 saturated heterocycles. The van der Waals surface area contributed by atoms with Gasteiger partial charge in [0.1, 0.15) is 12.4 Å². The molecular weight excluding hydrogens is 623 g/mol. The first-order valence-corrected chi connectivity index (χ1v) is 14.5. The number of rotatable bonds is 8. The number of benzene rings is 2. The highest BCUT2D eigenvalue weighted by Crippen LogP contribution is 2.48. The van der Waals surface area contributed by atoms with Crippen molar-refractivity contribution < 1.29 is 51.5 Å². The normalized spacial score (nSPS) is 18.5. The topological polar surface area (TPSA) is 140 Å². The molecule has 2 heterocycles. The number of ether oxygens (including phenoxy) is 2. The SMILES string of the molecule is CC(=C=C(C)COc1ccc2c(c1)C(C#CC1CC1)(C(F)(F)F)OC(=O)N2)CNC(=O)c1ccc(C(=O)ON2C(=O)CCC2=O)cc1. The Balaban J connectivity index is 1.20. The highest BCUT2D eigenvalue weighted by atomic mass is 19.4. The third-order valence-electron chi connectivity index (χ3n) is 7.24. The number of halogens is 3. The number of nitrogens with one attached hydrogen (secondary N) is 2. The molecule has 0 spiro atoms. The van der Waals surface area contributed by atoms with Gasteiger partial charge in [0.2, 0.25) is 0 Å². The van der Waals surface area contributed by atoms with E-state index in [4.69, 9.17) is 14.3 Å². The van der Waals surface area contributed by atoms with Gasteiger partial charge in [0.15, 0.2) is 0 Å². The number of amides is 4. The zero-order valence-corrected chi connectivity index (χ0v) is 25.2. The van der Waals surface area contributed by atoms with Gasteiger partial charge in [-0.15, -0.1) is 10.8 Å². The lowest BCUT2D eigenvalue weighted by Gasteiger charge is -2.35. The van der Waals surface area contributed by atoms with Crippen LogP contribution in [0.4, 0.5) is 23.7 Å². The van der Waals surface area contributed by atoms with E-state index in [0.29, 0.717) is 29.1 Å². The van der Waals surface area contributed by atoms with Crippen molar-refractivity contribution in [3.05, 3.63) is 76.0 Å². The minimum Gasteiger partial charge on any atom is -0.489 e. The molecule has 1 saturated carbocycles. The third kappa shape index (κ3) is 7.48. The molecule has 1 atom stereocenters. The fourth-order valence-corrected chi connectivity index (χ4v) is 4.65. The molecule has 11 nitrogen and oxygen atoms in total. The smallest absolute Gasteiger partial charge is 0.445 e. The Morgan fingerprint density at radius 2 is 1.68 bits per heavy atom. The standard InChI is InChI=1S/C33H28F3N3O8/c1-19(17-37-29(42)22-5-7-23(8-6-22)30(43)47-39-27(40)11-12-28(39)41)15-20(2)18-45-24-9-10-26-25(16-24)32(33(34,35)36,46-31(44)38-26)14-13-21-3-4-21/h5-10,16,21H,3-4,11-12,17-18H2,1-2H3,(H,37,42)(H,38,44). The summed E-state index contributed by atoms with van der Waals surface area (Å²) in [5.74, 6) is 2.10. The number of fused-ring (bicyclic) bond motifs is 1. The lowest BCUT2D eigenvalue weighted by atomic mass is 9.90. The Kier molecular flexibility index (Phi) is 9.12. The number of alkyl halides is 3. The summed E-state index contributed by atoms with van der Waals surface area (Å²) >= 11 is 0. The summed E-state index contributed by atoms with van der Waals surface area (Å²) in [6.07, 6.45) is -4.96. The largest absolute Gasteiger partial charge is 0.489 e. The van der Waals surface area contributed by atoms with Gasteiger partial charge in [-0.25, -0.2) is 9.59 Å². The van der Waals surface area contributed by atoms with Gasteiger partial charge < -0.3 is 19.6 Å². The van der Waals surface area contributed by atoms with Crippen molar-refractivity contribution in [3.8, 4) is 17.6 Å². The first-order chi connectivity index (χ1) is 22.3. The average molecular weight is 652 g/mol. The Bertz CT molecular complexity index is 1760. The van der Waals surface area contributed by atoms with E-state index in [2.05, 4.69) is 28.2 Å². The lowest BCUT2D eigenvalue weighted by molar-refractivity contribution is -0.239. The van der Waals surface area contributed by atoms with E-state index in [1.807, 2.05) is 0 Å². The van der Waals surface area contributed by atoms with Crippen molar-refractivity contribution in [1.29, 1.82) is 0 Å². The van der Waals surface area contributed by atoms with E-state index in [0.717, 1.165) is 6.07 Å². The molecule has 0 aromatic heterocycles.